The largest absolute Gasteiger partial charge is 0.478 e. The van der Waals surface area contributed by atoms with Crippen molar-refractivity contribution >= 4 is 62.7 Å². The number of hydrogen-bond acceptors (Lipinski definition) is 4. The summed E-state index contributed by atoms with van der Waals surface area (Å²) in [5.41, 5.74) is 1.32. The van der Waals surface area contributed by atoms with Gasteiger partial charge < -0.3 is 5.11 Å². The molecule has 6 heteroatoms. The van der Waals surface area contributed by atoms with Gasteiger partial charge in [-0.25, -0.2) is 4.79 Å². The van der Waals surface area contributed by atoms with Crippen molar-refractivity contribution in [1.82, 2.24) is 0 Å². The van der Waals surface area contributed by atoms with Crippen molar-refractivity contribution in [3.8, 4) is 0 Å². The van der Waals surface area contributed by atoms with Crippen molar-refractivity contribution in [1.29, 1.82) is 0 Å². The van der Waals surface area contributed by atoms with E-state index in [-0.39, 0.29) is 11.5 Å². The van der Waals surface area contributed by atoms with Crippen LogP contribution in [0, 0.1) is 0 Å². The Morgan fingerprint density at radius 2 is 1.70 bits per heavy atom. The van der Waals surface area contributed by atoms with Gasteiger partial charge in [0.05, 0.1) is 16.2 Å². The molecule has 0 unspecified atom stereocenters. The van der Waals surface area contributed by atoms with E-state index in [4.69, 9.17) is 12.2 Å². The van der Waals surface area contributed by atoms with E-state index < -0.39 is 5.97 Å². The first-order valence-corrected chi connectivity index (χ1v) is 9.36. The summed E-state index contributed by atoms with van der Waals surface area (Å²) in [6, 6.07) is 20.2. The molecule has 0 atom stereocenters. The van der Waals surface area contributed by atoms with Gasteiger partial charge in [-0.05, 0) is 40.6 Å². The van der Waals surface area contributed by atoms with Gasteiger partial charge in [-0.3, -0.25) is 9.69 Å². The third-order valence-corrected chi connectivity index (χ3v) is 5.56. The van der Waals surface area contributed by atoms with Gasteiger partial charge in [0.25, 0.3) is 5.91 Å². The molecule has 0 spiro atoms. The van der Waals surface area contributed by atoms with E-state index in [1.807, 2.05) is 42.5 Å². The van der Waals surface area contributed by atoms with Gasteiger partial charge in [-0.15, -0.1) is 0 Å². The van der Waals surface area contributed by atoms with Gasteiger partial charge in [-0.1, -0.05) is 72.5 Å². The zero-order chi connectivity index (χ0) is 19.0. The fourth-order valence-corrected chi connectivity index (χ4v) is 4.25. The molecule has 0 bridgehead atoms. The number of thiocarbonyl (C=S) groups is 1. The molecule has 1 saturated heterocycles. The van der Waals surface area contributed by atoms with Crippen LogP contribution in [0.25, 0.3) is 16.8 Å². The molecule has 1 N–H and O–H groups in total. The number of hydrogen-bond donors (Lipinski definition) is 1. The van der Waals surface area contributed by atoms with E-state index in [2.05, 4.69) is 0 Å². The molecule has 1 amide bonds. The fourth-order valence-electron chi connectivity index (χ4n) is 2.97. The predicted molar refractivity (Wildman–Crippen MR) is 113 cm³/mol. The number of rotatable bonds is 3. The van der Waals surface area contributed by atoms with E-state index >= 15 is 0 Å². The van der Waals surface area contributed by atoms with E-state index in [9.17, 15) is 14.7 Å². The number of aromatic carboxylic acids is 1. The normalized spacial score (nSPS) is 15.7. The number of carbonyl (C=O) groups excluding carboxylic acids is 1. The first-order chi connectivity index (χ1) is 13.0. The van der Waals surface area contributed by atoms with Crippen LogP contribution in [-0.2, 0) is 4.79 Å². The molecule has 3 aromatic carbocycles. The third kappa shape index (κ3) is 3.25. The summed E-state index contributed by atoms with van der Waals surface area (Å²) in [5, 5.41) is 11.4. The second kappa shape index (κ2) is 6.98. The summed E-state index contributed by atoms with van der Waals surface area (Å²) in [4.78, 5) is 26.2. The molecule has 0 radical (unpaired) electrons. The summed E-state index contributed by atoms with van der Waals surface area (Å²) < 4.78 is 0.425. The molecular formula is C21H13NO3S2. The maximum absolute atomic E-state index is 12.9. The van der Waals surface area contributed by atoms with Crippen molar-refractivity contribution in [3.63, 3.8) is 0 Å². The number of carboxylic acids is 1. The number of carbonyl (C=O) groups is 2. The Labute approximate surface area is 165 Å². The lowest BCUT2D eigenvalue weighted by atomic mass is 10.1. The van der Waals surface area contributed by atoms with E-state index in [1.54, 1.807) is 24.3 Å². The Morgan fingerprint density at radius 1 is 1.00 bits per heavy atom. The highest BCUT2D eigenvalue weighted by atomic mass is 32.2. The van der Waals surface area contributed by atoms with Crippen LogP contribution in [0.2, 0.25) is 0 Å². The molecule has 4 nitrogen and oxygen atoms in total. The van der Waals surface area contributed by atoms with Gasteiger partial charge in [0.2, 0.25) is 0 Å². The smallest absolute Gasteiger partial charge is 0.336 e. The Kier molecular flexibility index (Phi) is 4.51. The van der Waals surface area contributed by atoms with Crippen molar-refractivity contribution in [2.45, 2.75) is 0 Å². The lowest BCUT2D eigenvalue weighted by Crippen LogP contribution is -2.27. The molecular weight excluding hydrogens is 378 g/mol. The lowest BCUT2D eigenvalue weighted by molar-refractivity contribution is -0.113. The minimum atomic E-state index is -1.04. The summed E-state index contributed by atoms with van der Waals surface area (Å²) in [6.07, 6.45) is 1.59. The van der Waals surface area contributed by atoms with E-state index in [0.29, 0.717) is 20.5 Å². The highest BCUT2D eigenvalue weighted by molar-refractivity contribution is 8.27. The molecule has 132 valence electrons. The van der Waals surface area contributed by atoms with Crippen LogP contribution in [0.5, 0.6) is 0 Å². The highest BCUT2D eigenvalue weighted by Crippen LogP contribution is 2.37. The quantitative estimate of drug-likeness (QED) is 0.506. The monoisotopic (exact) mass is 391 g/mol. The molecule has 3 aromatic rings. The molecule has 0 aliphatic carbocycles. The Hall–Kier alpha value is -2.96. The highest BCUT2D eigenvalue weighted by Gasteiger charge is 2.33. The van der Waals surface area contributed by atoms with E-state index in [1.165, 1.54) is 22.7 Å². The average Bonchev–Trinajstić information content (AvgIpc) is 2.95. The summed E-state index contributed by atoms with van der Waals surface area (Å²) in [6.45, 7) is 0. The number of anilines is 1. The van der Waals surface area contributed by atoms with Crippen molar-refractivity contribution < 1.29 is 14.7 Å². The SMILES string of the molecule is O=C(O)c1ccccc1/C=C1/SC(=S)N(c2ccc3ccccc3c2)C1=O. The van der Waals surface area contributed by atoms with Gasteiger partial charge in [0.1, 0.15) is 0 Å². The van der Waals surface area contributed by atoms with Crippen LogP contribution in [0.15, 0.2) is 71.6 Å². The molecule has 27 heavy (non-hydrogen) atoms. The zero-order valence-electron chi connectivity index (χ0n) is 14.0. The fraction of sp³-hybridized carbons (Fsp3) is 0. The summed E-state index contributed by atoms with van der Waals surface area (Å²) in [7, 11) is 0. The minimum Gasteiger partial charge on any atom is -0.478 e. The Morgan fingerprint density at radius 3 is 2.48 bits per heavy atom. The van der Waals surface area contributed by atoms with Crippen LogP contribution < -0.4 is 4.90 Å². The van der Waals surface area contributed by atoms with Gasteiger partial charge >= 0.3 is 5.97 Å². The Balaban J connectivity index is 1.73. The van der Waals surface area contributed by atoms with Crippen molar-refractivity contribution in [2.24, 2.45) is 0 Å². The molecule has 1 aliphatic rings. The molecule has 1 heterocycles. The maximum atomic E-state index is 12.9. The van der Waals surface area contributed by atoms with Gasteiger partial charge in [0.15, 0.2) is 4.32 Å². The number of amides is 1. The van der Waals surface area contributed by atoms with Crippen LogP contribution >= 0.6 is 24.0 Å². The second-order valence-electron chi connectivity index (χ2n) is 5.94. The van der Waals surface area contributed by atoms with Crippen LogP contribution in [0.4, 0.5) is 5.69 Å². The van der Waals surface area contributed by atoms with Crippen molar-refractivity contribution in [3.05, 3.63) is 82.8 Å². The second-order valence-corrected chi connectivity index (χ2v) is 7.62. The molecule has 4 rings (SSSR count). The van der Waals surface area contributed by atoms with Gasteiger partial charge in [-0.2, -0.15) is 0 Å². The van der Waals surface area contributed by atoms with Gasteiger partial charge in [0, 0.05) is 0 Å². The average molecular weight is 391 g/mol. The summed E-state index contributed by atoms with van der Waals surface area (Å²) >= 11 is 6.58. The number of benzene rings is 3. The van der Waals surface area contributed by atoms with Crippen molar-refractivity contribution in [2.75, 3.05) is 4.90 Å². The van der Waals surface area contributed by atoms with Crippen LogP contribution in [0.3, 0.4) is 0 Å². The van der Waals surface area contributed by atoms with Crippen LogP contribution in [0.1, 0.15) is 15.9 Å². The van der Waals surface area contributed by atoms with Crippen LogP contribution in [-0.4, -0.2) is 21.3 Å². The number of carboxylic acid groups (broad SMARTS) is 1. The third-order valence-electron chi connectivity index (χ3n) is 4.26. The zero-order valence-corrected chi connectivity index (χ0v) is 15.6. The number of thioether (sulfide) groups is 1. The lowest BCUT2D eigenvalue weighted by Gasteiger charge is -2.15. The summed E-state index contributed by atoms with van der Waals surface area (Å²) in [5.74, 6) is -1.28. The first kappa shape index (κ1) is 17.5. The first-order valence-electron chi connectivity index (χ1n) is 8.14. The molecule has 0 aromatic heterocycles. The predicted octanol–water partition coefficient (Wildman–Crippen LogP) is 4.94. The molecule has 1 aliphatic heterocycles. The molecule has 0 saturated carbocycles. The Bertz CT molecular complexity index is 1140. The minimum absolute atomic E-state index is 0.147. The molecule has 1 fully saturated rings. The number of fused-ring (bicyclic) bond motifs is 1. The van der Waals surface area contributed by atoms with E-state index in [0.717, 1.165) is 10.8 Å². The topological polar surface area (TPSA) is 57.6 Å². The number of nitrogens with zero attached hydrogens (tertiary/aromatic N) is 1. The maximum Gasteiger partial charge on any atom is 0.336 e. The standard InChI is InChI=1S/C21H13NO3S2/c23-19-18(12-15-7-3-4-8-17(15)20(24)25)27-21(26)22(19)16-10-9-13-5-1-2-6-14(13)11-16/h1-12H,(H,24,25)/b18-12+.